The van der Waals surface area contributed by atoms with E-state index in [1.807, 2.05) is 0 Å². The quantitative estimate of drug-likeness (QED) is 0.313. The third-order valence-corrected chi connectivity index (χ3v) is 6.18. The number of nitrogens with zero attached hydrogens (tertiary/aromatic N) is 1. The normalized spacial score (nSPS) is 11.3. The minimum absolute atomic E-state index is 1.25. The van der Waals surface area contributed by atoms with Crippen LogP contribution in [0.15, 0.2) is 84.4 Å². The van der Waals surface area contributed by atoms with Crippen LogP contribution < -0.4 is 4.57 Å². The SMILES string of the molecule is Cc1cc2ccsc2cc1-c1c2ccc(-c3ccccc3)cc2cc[n+]1C. The van der Waals surface area contributed by atoms with E-state index in [4.69, 9.17) is 0 Å². The molecule has 0 aliphatic heterocycles. The Balaban J connectivity index is 1.76. The average molecular weight is 367 g/mol. The Bertz CT molecular complexity index is 1280. The van der Waals surface area contributed by atoms with E-state index in [1.54, 1.807) is 11.3 Å². The molecule has 0 unspecified atom stereocenters. The first-order valence-corrected chi connectivity index (χ1v) is 10.0. The van der Waals surface area contributed by atoms with Crippen molar-refractivity contribution < 1.29 is 4.57 Å². The van der Waals surface area contributed by atoms with Gasteiger partial charge < -0.3 is 0 Å². The Labute approximate surface area is 163 Å². The molecule has 0 saturated carbocycles. The van der Waals surface area contributed by atoms with Crippen LogP contribution in [0.4, 0.5) is 0 Å². The van der Waals surface area contributed by atoms with Gasteiger partial charge in [0.1, 0.15) is 7.05 Å². The molecule has 0 bridgehead atoms. The fourth-order valence-electron chi connectivity index (χ4n) is 3.90. The molecule has 0 atom stereocenters. The number of fused-ring (bicyclic) bond motifs is 2. The van der Waals surface area contributed by atoms with Gasteiger partial charge >= 0.3 is 0 Å². The summed E-state index contributed by atoms with van der Waals surface area (Å²) in [5, 5.41) is 6.06. The Morgan fingerprint density at radius 2 is 1.63 bits per heavy atom. The van der Waals surface area contributed by atoms with Crippen molar-refractivity contribution in [2.45, 2.75) is 6.92 Å². The molecular weight excluding hydrogens is 346 g/mol. The van der Waals surface area contributed by atoms with Gasteiger partial charge in [-0.15, -0.1) is 11.3 Å². The topological polar surface area (TPSA) is 3.88 Å². The number of aryl methyl sites for hydroxylation is 2. The maximum Gasteiger partial charge on any atom is 0.220 e. The van der Waals surface area contributed by atoms with Gasteiger partial charge in [0.05, 0.1) is 10.9 Å². The number of aromatic nitrogens is 1. The molecule has 2 aromatic heterocycles. The van der Waals surface area contributed by atoms with E-state index in [1.165, 1.54) is 48.8 Å². The molecule has 1 nitrogen and oxygen atoms in total. The van der Waals surface area contributed by atoms with E-state index in [0.29, 0.717) is 0 Å². The van der Waals surface area contributed by atoms with E-state index >= 15 is 0 Å². The molecule has 0 saturated heterocycles. The average Bonchev–Trinajstić information content (AvgIpc) is 3.15. The summed E-state index contributed by atoms with van der Waals surface area (Å²) in [4.78, 5) is 0. The zero-order valence-corrected chi connectivity index (χ0v) is 16.3. The molecule has 0 spiro atoms. The lowest BCUT2D eigenvalue weighted by Gasteiger charge is -2.10. The van der Waals surface area contributed by atoms with Crippen LogP contribution in [-0.2, 0) is 7.05 Å². The van der Waals surface area contributed by atoms with Gasteiger partial charge in [-0.25, -0.2) is 4.57 Å². The summed E-state index contributed by atoms with van der Waals surface area (Å²) in [7, 11) is 2.14. The summed E-state index contributed by atoms with van der Waals surface area (Å²) in [6.45, 7) is 2.21. The second-order valence-corrected chi connectivity index (χ2v) is 8.02. The van der Waals surface area contributed by atoms with E-state index in [2.05, 4.69) is 103 Å². The first-order chi connectivity index (χ1) is 13.2. The summed E-state index contributed by atoms with van der Waals surface area (Å²) >= 11 is 1.81. The lowest BCUT2D eigenvalue weighted by molar-refractivity contribution is -0.659. The second-order valence-electron chi connectivity index (χ2n) is 7.07. The van der Waals surface area contributed by atoms with E-state index in [-0.39, 0.29) is 0 Å². The van der Waals surface area contributed by atoms with Gasteiger partial charge in [-0.05, 0) is 70.1 Å². The maximum absolute atomic E-state index is 2.34. The second kappa shape index (κ2) is 6.33. The van der Waals surface area contributed by atoms with Crippen molar-refractivity contribution in [2.24, 2.45) is 7.05 Å². The van der Waals surface area contributed by atoms with Crippen molar-refractivity contribution in [1.82, 2.24) is 0 Å². The first kappa shape index (κ1) is 16.2. The van der Waals surface area contributed by atoms with Gasteiger partial charge in [-0.2, -0.15) is 0 Å². The molecule has 0 fully saturated rings. The van der Waals surface area contributed by atoms with Crippen molar-refractivity contribution in [3.63, 3.8) is 0 Å². The molecule has 2 heteroatoms. The fraction of sp³-hybridized carbons (Fsp3) is 0.0800. The van der Waals surface area contributed by atoms with Gasteiger partial charge in [-0.3, -0.25) is 0 Å². The highest BCUT2D eigenvalue weighted by atomic mass is 32.1. The highest BCUT2D eigenvalue weighted by Gasteiger charge is 2.18. The number of benzene rings is 3. The smallest absolute Gasteiger partial charge is 0.200 e. The van der Waals surface area contributed by atoms with Crippen molar-refractivity contribution in [3.05, 3.63) is 89.9 Å². The van der Waals surface area contributed by atoms with Crippen LogP contribution in [0.25, 0.3) is 43.2 Å². The lowest BCUT2D eigenvalue weighted by atomic mass is 9.96. The Kier molecular flexibility index (Phi) is 3.80. The van der Waals surface area contributed by atoms with Crippen LogP contribution in [0, 0.1) is 6.92 Å². The molecule has 5 rings (SSSR count). The molecule has 5 aromatic rings. The molecule has 0 radical (unpaired) electrons. The van der Waals surface area contributed by atoms with E-state index in [0.717, 1.165) is 0 Å². The molecule has 27 heavy (non-hydrogen) atoms. The van der Waals surface area contributed by atoms with E-state index < -0.39 is 0 Å². The van der Waals surface area contributed by atoms with Crippen LogP contribution in [0.5, 0.6) is 0 Å². The number of hydrogen-bond acceptors (Lipinski definition) is 1. The Hall–Kier alpha value is -2.97. The van der Waals surface area contributed by atoms with Crippen LogP contribution >= 0.6 is 11.3 Å². The predicted octanol–water partition coefficient (Wildman–Crippen LogP) is 6.52. The predicted molar refractivity (Wildman–Crippen MR) is 116 cm³/mol. The van der Waals surface area contributed by atoms with Gasteiger partial charge in [0.25, 0.3) is 0 Å². The largest absolute Gasteiger partial charge is 0.220 e. The summed E-state index contributed by atoms with van der Waals surface area (Å²) in [6.07, 6.45) is 2.17. The summed E-state index contributed by atoms with van der Waals surface area (Å²) in [6, 6.07) is 26.4. The van der Waals surface area contributed by atoms with E-state index in [9.17, 15) is 0 Å². The molecule has 3 aromatic carbocycles. The van der Waals surface area contributed by atoms with Crippen LogP contribution in [0.3, 0.4) is 0 Å². The maximum atomic E-state index is 2.34. The summed E-state index contributed by atoms with van der Waals surface area (Å²) in [5.41, 5.74) is 6.42. The van der Waals surface area contributed by atoms with Gasteiger partial charge in [0.2, 0.25) is 5.69 Å². The lowest BCUT2D eigenvalue weighted by Crippen LogP contribution is -2.30. The van der Waals surface area contributed by atoms with Crippen LogP contribution in [-0.4, -0.2) is 0 Å². The molecular formula is C25H20NS+. The standard InChI is InChI=1S/C25H20NS/c1-17-14-21-11-13-27-24(21)16-23(17)25-22-9-8-19(18-6-4-3-5-7-18)15-20(22)10-12-26(25)2/h3-16H,1-2H3/q+1. The van der Waals surface area contributed by atoms with Gasteiger partial charge in [-0.1, -0.05) is 36.4 Å². The van der Waals surface area contributed by atoms with Crippen LogP contribution in [0.1, 0.15) is 5.56 Å². The number of rotatable bonds is 2. The highest BCUT2D eigenvalue weighted by Crippen LogP contribution is 2.34. The van der Waals surface area contributed by atoms with Gasteiger partial charge in [0.15, 0.2) is 6.20 Å². The first-order valence-electron chi connectivity index (χ1n) is 9.17. The highest BCUT2D eigenvalue weighted by molar-refractivity contribution is 7.17. The third kappa shape index (κ3) is 2.73. The molecule has 2 heterocycles. The molecule has 0 aliphatic rings. The van der Waals surface area contributed by atoms with Gasteiger partial charge in [0, 0.05) is 10.8 Å². The summed E-state index contributed by atoms with van der Waals surface area (Å²) < 4.78 is 3.58. The van der Waals surface area contributed by atoms with Crippen molar-refractivity contribution >= 4 is 32.2 Å². The number of thiophene rings is 1. The fourth-order valence-corrected chi connectivity index (χ4v) is 4.71. The molecule has 0 N–H and O–H groups in total. The molecule has 130 valence electrons. The Morgan fingerprint density at radius 3 is 2.48 bits per heavy atom. The minimum atomic E-state index is 1.25. The minimum Gasteiger partial charge on any atom is -0.200 e. The van der Waals surface area contributed by atoms with Crippen molar-refractivity contribution in [3.8, 4) is 22.4 Å². The Morgan fingerprint density at radius 1 is 0.778 bits per heavy atom. The number of hydrogen-bond donors (Lipinski definition) is 0. The third-order valence-electron chi connectivity index (χ3n) is 5.30. The zero-order valence-electron chi connectivity index (χ0n) is 15.4. The molecule has 0 aliphatic carbocycles. The van der Waals surface area contributed by atoms with Crippen molar-refractivity contribution in [2.75, 3.05) is 0 Å². The number of pyridine rings is 1. The van der Waals surface area contributed by atoms with Crippen molar-refractivity contribution in [1.29, 1.82) is 0 Å². The monoisotopic (exact) mass is 366 g/mol. The zero-order chi connectivity index (χ0) is 18.4. The summed E-state index contributed by atoms with van der Waals surface area (Å²) in [5.74, 6) is 0. The van der Waals surface area contributed by atoms with Crippen LogP contribution in [0.2, 0.25) is 0 Å². The molecule has 0 amide bonds.